The third kappa shape index (κ3) is 4.18. The Hall–Kier alpha value is -2.10. The number of nitriles is 1. The van der Waals surface area contributed by atoms with Crippen LogP contribution in [0.4, 0.5) is 23.2 Å². The van der Waals surface area contributed by atoms with E-state index in [4.69, 9.17) is 5.26 Å². The summed E-state index contributed by atoms with van der Waals surface area (Å²) in [5, 5.41) is 11.1. The van der Waals surface area contributed by atoms with Crippen LogP contribution < -0.4 is 5.32 Å². The van der Waals surface area contributed by atoms with Crippen LogP contribution in [-0.2, 0) is 11.0 Å². The molecule has 1 aromatic carbocycles. The molecule has 3 nitrogen and oxygen atoms in total. The van der Waals surface area contributed by atoms with Crippen molar-refractivity contribution in [2.75, 3.05) is 5.32 Å². The van der Waals surface area contributed by atoms with E-state index in [1.54, 1.807) is 13.0 Å². The summed E-state index contributed by atoms with van der Waals surface area (Å²) >= 11 is 0. The number of benzene rings is 1. The molecule has 0 saturated carbocycles. The van der Waals surface area contributed by atoms with Crippen LogP contribution in [0.1, 0.15) is 37.8 Å². The molecule has 0 aliphatic carbocycles. The van der Waals surface area contributed by atoms with Gasteiger partial charge >= 0.3 is 6.18 Å². The van der Waals surface area contributed by atoms with Crippen LogP contribution in [-0.4, -0.2) is 5.91 Å². The molecule has 1 rings (SSSR count). The van der Waals surface area contributed by atoms with E-state index in [9.17, 15) is 22.4 Å². The van der Waals surface area contributed by atoms with Gasteiger partial charge in [0, 0.05) is 5.92 Å². The lowest BCUT2D eigenvalue weighted by Gasteiger charge is -2.15. The lowest BCUT2D eigenvalue weighted by Crippen LogP contribution is -2.21. The van der Waals surface area contributed by atoms with Crippen molar-refractivity contribution in [3.8, 4) is 6.07 Å². The number of rotatable bonds is 4. The molecule has 0 saturated heterocycles. The molecule has 1 atom stereocenters. The van der Waals surface area contributed by atoms with Gasteiger partial charge in [-0.1, -0.05) is 20.3 Å². The van der Waals surface area contributed by atoms with Gasteiger partial charge in [0.2, 0.25) is 5.91 Å². The fourth-order valence-corrected chi connectivity index (χ4v) is 1.81. The van der Waals surface area contributed by atoms with Crippen LogP contribution in [0.25, 0.3) is 0 Å². The van der Waals surface area contributed by atoms with Gasteiger partial charge in [-0.15, -0.1) is 0 Å². The van der Waals surface area contributed by atoms with Gasteiger partial charge in [-0.2, -0.15) is 18.4 Å². The maximum atomic E-state index is 13.3. The number of carbonyl (C=O) groups is 1. The first kappa shape index (κ1) is 17.0. The summed E-state index contributed by atoms with van der Waals surface area (Å²) in [6, 6.07) is 2.49. The van der Waals surface area contributed by atoms with Crippen LogP contribution >= 0.6 is 0 Å². The number of nitrogens with zero attached hydrogens (tertiary/aromatic N) is 1. The van der Waals surface area contributed by atoms with Gasteiger partial charge in [-0.3, -0.25) is 4.79 Å². The van der Waals surface area contributed by atoms with Crippen LogP contribution in [0.3, 0.4) is 0 Å². The number of halogens is 4. The molecule has 1 aromatic rings. The molecule has 7 heteroatoms. The van der Waals surface area contributed by atoms with Crippen molar-refractivity contribution in [1.29, 1.82) is 5.26 Å². The second kappa shape index (κ2) is 6.57. The maximum Gasteiger partial charge on any atom is 0.419 e. The zero-order valence-electron chi connectivity index (χ0n) is 11.5. The third-order valence-electron chi connectivity index (χ3n) is 2.96. The van der Waals surface area contributed by atoms with E-state index >= 15 is 0 Å². The van der Waals surface area contributed by atoms with Crippen molar-refractivity contribution >= 4 is 11.6 Å². The quantitative estimate of drug-likeness (QED) is 0.852. The second-order valence-electron chi connectivity index (χ2n) is 4.67. The fraction of sp³-hybridized carbons (Fsp3) is 0.429. The highest BCUT2D eigenvalue weighted by Gasteiger charge is 2.35. The number of hydrogen-bond donors (Lipinski definition) is 1. The van der Waals surface area contributed by atoms with Gasteiger partial charge in [-0.25, -0.2) is 4.39 Å². The zero-order chi connectivity index (χ0) is 16.2. The molecule has 1 amide bonds. The summed E-state index contributed by atoms with van der Waals surface area (Å²) in [6.45, 7) is 3.49. The van der Waals surface area contributed by atoms with Gasteiger partial charge in [0.05, 0.1) is 16.8 Å². The fourth-order valence-electron chi connectivity index (χ4n) is 1.81. The molecule has 0 radical (unpaired) electrons. The first-order valence-corrected chi connectivity index (χ1v) is 6.32. The van der Waals surface area contributed by atoms with Gasteiger partial charge < -0.3 is 5.32 Å². The molecule has 0 aliphatic rings. The Kier molecular flexibility index (Phi) is 5.30. The summed E-state index contributed by atoms with van der Waals surface area (Å²) in [5.41, 5.74) is -2.20. The van der Waals surface area contributed by atoms with Crippen LogP contribution in [0.15, 0.2) is 12.1 Å². The Morgan fingerprint density at radius 1 is 1.43 bits per heavy atom. The highest BCUT2D eigenvalue weighted by atomic mass is 19.4. The Labute approximate surface area is 119 Å². The van der Waals surface area contributed by atoms with E-state index in [-0.39, 0.29) is 11.3 Å². The standard InChI is InChI=1S/C14H14F4N2O/c1-3-4-8(2)13(21)20-12-6-10(14(16,17)18)11(15)5-9(12)7-19/h5-6,8H,3-4H2,1-2H3,(H,20,21). The summed E-state index contributed by atoms with van der Waals surface area (Å²) in [7, 11) is 0. The molecule has 21 heavy (non-hydrogen) atoms. The summed E-state index contributed by atoms with van der Waals surface area (Å²) in [6.07, 6.45) is -3.61. The molecule has 0 spiro atoms. The van der Waals surface area contributed by atoms with Crippen molar-refractivity contribution in [2.45, 2.75) is 32.9 Å². The predicted octanol–water partition coefficient (Wildman–Crippen LogP) is 4.09. The summed E-state index contributed by atoms with van der Waals surface area (Å²) in [5.74, 6) is -2.47. The van der Waals surface area contributed by atoms with Gasteiger partial charge in [0.25, 0.3) is 0 Å². The first-order chi connectivity index (χ1) is 9.70. The van der Waals surface area contributed by atoms with Crippen LogP contribution in [0.5, 0.6) is 0 Å². The lowest BCUT2D eigenvalue weighted by molar-refractivity contribution is -0.140. The average Bonchev–Trinajstić information content (AvgIpc) is 2.39. The van der Waals surface area contributed by atoms with Crippen molar-refractivity contribution in [3.63, 3.8) is 0 Å². The number of carbonyl (C=O) groups excluding carboxylic acids is 1. The maximum absolute atomic E-state index is 13.3. The molecular formula is C14H14F4N2O. The predicted molar refractivity (Wildman–Crippen MR) is 68.8 cm³/mol. The van der Waals surface area contributed by atoms with Crippen molar-refractivity contribution in [1.82, 2.24) is 0 Å². The molecular weight excluding hydrogens is 288 g/mol. The van der Waals surface area contributed by atoms with Gasteiger partial charge in [0.1, 0.15) is 11.9 Å². The van der Waals surface area contributed by atoms with Crippen LogP contribution in [0.2, 0.25) is 0 Å². The van der Waals surface area contributed by atoms with Crippen molar-refractivity contribution in [3.05, 3.63) is 29.1 Å². The topological polar surface area (TPSA) is 52.9 Å². The highest BCUT2D eigenvalue weighted by molar-refractivity contribution is 5.93. The largest absolute Gasteiger partial charge is 0.419 e. The van der Waals surface area contributed by atoms with Crippen molar-refractivity contribution < 1.29 is 22.4 Å². The van der Waals surface area contributed by atoms with E-state index in [1.807, 2.05) is 6.92 Å². The lowest BCUT2D eigenvalue weighted by atomic mass is 10.0. The Balaban J connectivity index is 3.17. The summed E-state index contributed by atoms with van der Waals surface area (Å²) in [4.78, 5) is 11.8. The van der Waals surface area contributed by atoms with E-state index in [1.165, 1.54) is 0 Å². The zero-order valence-corrected chi connectivity index (χ0v) is 11.5. The number of hydrogen-bond acceptors (Lipinski definition) is 2. The smallest absolute Gasteiger partial charge is 0.325 e. The third-order valence-corrected chi connectivity index (χ3v) is 2.96. The van der Waals surface area contributed by atoms with Crippen LogP contribution in [0, 0.1) is 23.1 Å². The Morgan fingerprint density at radius 3 is 2.52 bits per heavy atom. The second-order valence-corrected chi connectivity index (χ2v) is 4.67. The SMILES string of the molecule is CCCC(C)C(=O)Nc1cc(C(F)(F)F)c(F)cc1C#N. The number of alkyl halides is 3. The Bertz CT molecular complexity index is 576. The minimum atomic E-state index is -4.90. The highest BCUT2D eigenvalue weighted by Crippen LogP contribution is 2.34. The molecule has 0 fully saturated rings. The Morgan fingerprint density at radius 2 is 2.05 bits per heavy atom. The van der Waals surface area contributed by atoms with E-state index < -0.39 is 29.4 Å². The number of anilines is 1. The molecule has 0 heterocycles. The molecule has 1 N–H and O–H groups in total. The van der Waals surface area contributed by atoms with E-state index in [0.717, 1.165) is 6.42 Å². The van der Waals surface area contributed by atoms with Gasteiger partial charge in [0.15, 0.2) is 0 Å². The molecule has 0 aliphatic heterocycles. The molecule has 0 aromatic heterocycles. The first-order valence-electron chi connectivity index (χ1n) is 6.32. The molecule has 114 valence electrons. The molecule has 0 bridgehead atoms. The van der Waals surface area contributed by atoms with E-state index in [0.29, 0.717) is 18.6 Å². The monoisotopic (exact) mass is 302 g/mol. The average molecular weight is 302 g/mol. The minimum absolute atomic E-state index is 0.334. The molecule has 1 unspecified atom stereocenters. The summed E-state index contributed by atoms with van der Waals surface area (Å²) < 4.78 is 51.3. The van der Waals surface area contributed by atoms with E-state index in [2.05, 4.69) is 5.32 Å². The number of amides is 1. The van der Waals surface area contributed by atoms with Gasteiger partial charge in [-0.05, 0) is 18.6 Å². The normalized spacial score (nSPS) is 12.6. The minimum Gasteiger partial charge on any atom is -0.325 e. The number of nitrogens with one attached hydrogen (secondary N) is 1. The van der Waals surface area contributed by atoms with Crippen molar-refractivity contribution in [2.24, 2.45) is 5.92 Å².